The molecule has 136 valence electrons. The quantitative estimate of drug-likeness (QED) is 0.673. The molecule has 0 bridgehead atoms. The first-order valence-corrected chi connectivity index (χ1v) is 10.9. The molecule has 0 spiro atoms. The third kappa shape index (κ3) is 3.84. The zero-order valence-corrected chi connectivity index (χ0v) is 16.4. The van der Waals surface area contributed by atoms with Gasteiger partial charge in [0.2, 0.25) is 0 Å². The van der Waals surface area contributed by atoms with E-state index in [0.717, 1.165) is 5.30 Å². The lowest BCUT2D eigenvalue weighted by Crippen LogP contribution is -2.35. The SMILES string of the molecule is CNC(=O)c1ccc([P+](CC(C)=O)(c2ccccc2)c2ccccc2)cc1. The molecule has 0 aliphatic rings. The average molecular weight is 376 g/mol. The van der Waals surface area contributed by atoms with Crippen LogP contribution < -0.4 is 21.2 Å². The minimum absolute atomic E-state index is 0.114. The van der Waals surface area contributed by atoms with Crippen LogP contribution in [0.5, 0.6) is 0 Å². The van der Waals surface area contributed by atoms with Crippen molar-refractivity contribution in [2.45, 2.75) is 6.92 Å². The predicted molar refractivity (Wildman–Crippen MR) is 114 cm³/mol. The number of carbonyl (C=O) groups is 2. The summed E-state index contributed by atoms with van der Waals surface area (Å²) in [5, 5.41) is 6.08. The molecular weight excluding hydrogens is 353 g/mol. The number of benzene rings is 3. The third-order valence-corrected chi connectivity index (χ3v) is 9.11. The number of rotatable bonds is 6. The second-order valence-electron chi connectivity index (χ2n) is 6.47. The first-order valence-electron chi connectivity index (χ1n) is 8.89. The van der Waals surface area contributed by atoms with E-state index in [0.29, 0.717) is 11.7 Å². The van der Waals surface area contributed by atoms with E-state index in [1.807, 2.05) is 60.7 Å². The first kappa shape index (κ1) is 19.0. The Hall–Kier alpha value is -2.77. The number of hydrogen-bond acceptors (Lipinski definition) is 2. The van der Waals surface area contributed by atoms with Crippen molar-refractivity contribution in [2.75, 3.05) is 13.2 Å². The molecule has 3 aromatic carbocycles. The zero-order valence-electron chi connectivity index (χ0n) is 15.6. The molecule has 0 aliphatic heterocycles. The van der Waals surface area contributed by atoms with E-state index >= 15 is 0 Å². The van der Waals surface area contributed by atoms with E-state index < -0.39 is 7.26 Å². The Morgan fingerprint density at radius 2 is 1.19 bits per heavy atom. The highest BCUT2D eigenvalue weighted by Crippen LogP contribution is 2.55. The molecule has 1 amide bonds. The smallest absolute Gasteiger partial charge is 0.251 e. The van der Waals surface area contributed by atoms with E-state index in [1.165, 1.54) is 10.6 Å². The van der Waals surface area contributed by atoms with Crippen molar-refractivity contribution in [3.63, 3.8) is 0 Å². The van der Waals surface area contributed by atoms with Crippen LogP contribution in [0.1, 0.15) is 17.3 Å². The van der Waals surface area contributed by atoms with Crippen LogP contribution in [0.15, 0.2) is 84.9 Å². The Morgan fingerprint density at radius 1 is 0.741 bits per heavy atom. The summed E-state index contributed by atoms with van der Waals surface area (Å²) >= 11 is 0. The molecule has 0 radical (unpaired) electrons. The summed E-state index contributed by atoms with van der Waals surface area (Å²) in [6.07, 6.45) is 0.459. The summed E-state index contributed by atoms with van der Waals surface area (Å²) in [5.74, 6) is 0.0443. The molecule has 27 heavy (non-hydrogen) atoms. The van der Waals surface area contributed by atoms with Crippen LogP contribution in [0.4, 0.5) is 0 Å². The minimum Gasteiger partial charge on any atom is -0.355 e. The molecular formula is C23H23NO2P+. The van der Waals surface area contributed by atoms with Gasteiger partial charge in [0.05, 0.1) is 0 Å². The number of Topliss-reactive ketones (excluding diaryl/α,β-unsaturated/α-hetero) is 1. The van der Waals surface area contributed by atoms with Gasteiger partial charge in [0.15, 0.2) is 5.78 Å². The molecule has 0 aromatic heterocycles. The lowest BCUT2D eigenvalue weighted by molar-refractivity contribution is -0.114. The van der Waals surface area contributed by atoms with Gasteiger partial charge < -0.3 is 5.32 Å². The molecule has 0 saturated carbocycles. The zero-order chi connectivity index (χ0) is 19.3. The molecule has 0 unspecified atom stereocenters. The number of hydrogen-bond donors (Lipinski definition) is 1. The minimum atomic E-state index is -2.15. The molecule has 3 rings (SSSR count). The van der Waals surface area contributed by atoms with Gasteiger partial charge in [0, 0.05) is 12.6 Å². The van der Waals surface area contributed by atoms with Gasteiger partial charge in [-0.2, -0.15) is 0 Å². The maximum atomic E-state index is 12.4. The van der Waals surface area contributed by atoms with Gasteiger partial charge in [0.1, 0.15) is 29.3 Å². The Labute approximate surface area is 160 Å². The second kappa shape index (κ2) is 8.28. The molecule has 1 N–H and O–H groups in total. The lowest BCUT2D eigenvalue weighted by Gasteiger charge is -2.26. The van der Waals surface area contributed by atoms with Gasteiger partial charge in [0.25, 0.3) is 5.91 Å². The van der Waals surface area contributed by atoms with Crippen LogP contribution in [0.2, 0.25) is 0 Å². The van der Waals surface area contributed by atoms with Crippen molar-refractivity contribution in [3.8, 4) is 0 Å². The van der Waals surface area contributed by atoms with Crippen molar-refractivity contribution in [1.29, 1.82) is 0 Å². The Kier molecular flexibility index (Phi) is 5.83. The van der Waals surface area contributed by atoms with E-state index in [-0.39, 0.29) is 11.7 Å². The summed E-state index contributed by atoms with van der Waals surface area (Å²) < 4.78 is 0. The maximum absolute atomic E-state index is 12.4. The molecule has 0 aliphatic carbocycles. The van der Waals surface area contributed by atoms with E-state index in [9.17, 15) is 9.59 Å². The highest BCUT2D eigenvalue weighted by Gasteiger charge is 2.46. The highest BCUT2D eigenvalue weighted by atomic mass is 31.2. The maximum Gasteiger partial charge on any atom is 0.251 e. The van der Waals surface area contributed by atoms with Crippen molar-refractivity contribution in [2.24, 2.45) is 0 Å². The van der Waals surface area contributed by atoms with Crippen LogP contribution in [0, 0.1) is 0 Å². The van der Waals surface area contributed by atoms with Crippen LogP contribution in [-0.2, 0) is 4.79 Å². The van der Waals surface area contributed by atoms with E-state index in [4.69, 9.17) is 0 Å². The monoisotopic (exact) mass is 376 g/mol. The van der Waals surface area contributed by atoms with Gasteiger partial charge in [-0.3, -0.25) is 9.59 Å². The number of ketones is 1. The van der Waals surface area contributed by atoms with Crippen LogP contribution in [-0.4, -0.2) is 24.9 Å². The summed E-state index contributed by atoms with van der Waals surface area (Å²) in [7, 11) is -0.527. The fraction of sp³-hybridized carbons (Fsp3) is 0.130. The normalized spacial score (nSPS) is 11.0. The summed E-state index contributed by atoms with van der Waals surface area (Å²) in [6.45, 7) is 1.65. The van der Waals surface area contributed by atoms with E-state index in [1.54, 1.807) is 14.0 Å². The Balaban J connectivity index is 2.26. The fourth-order valence-corrected chi connectivity index (χ4v) is 7.56. The van der Waals surface area contributed by atoms with Gasteiger partial charge in [-0.25, -0.2) is 0 Å². The van der Waals surface area contributed by atoms with Crippen molar-refractivity contribution >= 4 is 34.9 Å². The van der Waals surface area contributed by atoms with Crippen LogP contribution in [0.3, 0.4) is 0 Å². The number of carbonyl (C=O) groups excluding carboxylic acids is 2. The van der Waals surface area contributed by atoms with Gasteiger partial charge in [-0.05, 0) is 55.5 Å². The topological polar surface area (TPSA) is 46.2 Å². The fourth-order valence-electron chi connectivity index (χ4n) is 3.43. The molecule has 0 saturated heterocycles. The van der Waals surface area contributed by atoms with Crippen molar-refractivity contribution in [3.05, 3.63) is 90.5 Å². The lowest BCUT2D eigenvalue weighted by atomic mass is 10.2. The number of amides is 1. The van der Waals surface area contributed by atoms with Crippen molar-refractivity contribution < 1.29 is 9.59 Å². The second-order valence-corrected chi connectivity index (χ2v) is 9.95. The first-order chi connectivity index (χ1) is 13.1. The molecule has 3 aromatic rings. The van der Waals surface area contributed by atoms with Gasteiger partial charge >= 0.3 is 0 Å². The molecule has 0 heterocycles. The molecule has 0 atom stereocenters. The summed E-state index contributed by atoms with van der Waals surface area (Å²) in [6, 6.07) is 28.2. The standard InChI is InChI=1S/C23H22NO2P/c1-18(25)17-27(20-9-5-3-6-10-20,21-11-7-4-8-12-21)22-15-13-19(14-16-22)23(26)24-2/h3-16H,17H2,1-2H3/p+1. The third-order valence-electron chi connectivity index (χ3n) is 4.65. The highest BCUT2D eigenvalue weighted by molar-refractivity contribution is 7.96. The van der Waals surface area contributed by atoms with Gasteiger partial charge in [-0.15, -0.1) is 0 Å². The number of nitrogens with one attached hydrogen (secondary N) is 1. The van der Waals surface area contributed by atoms with Crippen LogP contribution >= 0.6 is 7.26 Å². The van der Waals surface area contributed by atoms with Crippen molar-refractivity contribution in [1.82, 2.24) is 5.32 Å². The molecule has 4 heteroatoms. The molecule has 3 nitrogen and oxygen atoms in total. The Bertz CT molecular complexity index is 882. The average Bonchev–Trinajstić information content (AvgIpc) is 2.72. The summed E-state index contributed by atoms with van der Waals surface area (Å²) in [4.78, 5) is 24.3. The molecule has 0 fully saturated rings. The van der Waals surface area contributed by atoms with Gasteiger partial charge in [-0.1, -0.05) is 36.4 Å². The largest absolute Gasteiger partial charge is 0.355 e. The summed E-state index contributed by atoms with van der Waals surface area (Å²) in [5.41, 5.74) is 0.614. The van der Waals surface area contributed by atoms with E-state index in [2.05, 4.69) is 29.6 Å². The van der Waals surface area contributed by atoms with Crippen LogP contribution in [0.25, 0.3) is 0 Å². The Morgan fingerprint density at radius 3 is 1.59 bits per heavy atom. The predicted octanol–water partition coefficient (Wildman–Crippen LogP) is 2.93.